The Balaban J connectivity index is 1.83. The molecule has 0 aliphatic rings. The number of benzene rings is 1. The van der Waals surface area contributed by atoms with Crippen LogP contribution >= 0.6 is 0 Å². The van der Waals surface area contributed by atoms with E-state index in [1.165, 1.54) is 5.56 Å². The van der Waals surface area contributed by atoms with Gasteiger partial charge >= 0.3 is 6.03 Å². The monoisotopic (exact) mass is 258 g/mol. The molecule has 4 nitrogen and oxygen atoms in total. The van der Waals surface area contributed by atoms with Crippen LogP contribution in [-0.4, -0.2) is 18.0 Å². The maximum atomic E-state index is 11.9. The Morgan fingerprint density at radius 2 is 2.00 bits per heavy atom. The summed E-state index contributed by atoms with van der Waals surface area (Å²) < 4.78 is 5.16. The third kappa shape index (κ3) is 3.88. The highest BCUT2D eigenvalue weighted by molar-refractivity contribution is 5.73. The lowest BCUT2D eigenvalue weighted by atomic mass is 10.1. The van der Waals surface area contributed by atoms with Gasteiger partial charge in [-0.2, -0.15) is 0 Å². The summed E-state index contributed by atoms with van der Waals surface area (Å²) in [4.78, 5) is 13.5. The number of carbonyl (C=O) groups is 1. The van der Waals surface area contributed by atoms with Gasteiger partial charge in [-0.05, 0) is 24.6 Å². The Hall–Kier alpha value is -2.23. The number of urea groups is 1. The van der Waals surface area contributed by atoms with Crippen LogP contribution in [0.2, 0.25) is 0 Å². The van der Waals surface area contributed by atoms with Crippen LogP contribution in [0.4, 0.5) is 4.79 Å². The van der Waals surface area contributed by atoms with Crippen LogP contribution < -0.4 is 5.32 Å². The van der Waals surface area contributed by atoms with Gasteiger partial charge in [0, 0.05) is 13.6 Å². The van der Waals surface area contributed by atoms with E-state index >= 15 is 0 Å². The van der Waals surface area contributed by atoms with Gasteiger partial charge in [0.05, 0.1) is 12.8 Å². The lowest BCUT2D eigenvalue weighted by Gasteiger charge is -2.17. The molecule has 0 saturated heterocycles. The van der Waals surface area contributed by atoms with Gasteiger partial charge in [-0.15, -0.1) is 0 Å². The fraction of sp³-hybridized carbons (Fsp3) is 0.267. The first-order chi connectivity index (χ1) is 9.15. The molecule has 0 aliphatic heterocycles. The number of carbonyl (C=O) groups excluding carboxylic acids is 1. The normalized spacial score (nSPS) is 10.2. The summed E-state index contributed by atoms with van der Waals surface area (Å²) in [5.74, 6) is 0.747. The number of furan rings is 1. The van der Waals surface area contributed by atoms with Crippen LogP contribution in [0, 0.1) is 6.92 Å². The zero-order chi connectivity index (χ0) is 13.7. The molecule has 0 radical (unpaired) electrons. The van der Waals surface area contributed by atoms with Gasteiger partial charge in [-0.3, -0.25) is 0 Å². The minimum atomic E-state index is -0.114. The molecular weight excluding hydrogens is 240 g/mol. The minimum absolute atomic E-state index is 0.114. The molecule has 2 rings (SSSR count). The van der Waals surface area contributed by atoms with Gasteiger partial charge in [0.1, 0.15) is 5.76 Å². The maximum absolute atomic E-state index is 11.9. The van der Waals surface area contributed by atoms with Crippen molar-refractivity contribution in [2.24, 2.45) is 0 Å². The van der Waals surface area contributed by atoms with E-state index in [0.29, 0.717) is 13.1 Å². The maximum Gasteiger partial charge on any atom is 0.317 e. The highest BCUT2D eigenvalue weighted by Gasteiger charge is 2.09. The Morgan fingerprint density at radius 1 is 1.26 bits per heavy atom. The summed E-state index contributed by atoms with van der Waals surface area (Å²) in [7, 11) is 1.78. The SMILES string of the molecule is Cc1ccc(CN(C)C(=O)NCc2ccco2)cc1. The van der Waals surface area contributed by atoms with E-state index in [1.54, 1.807) is 24.3 Å². The van der Waals surface area contributed by atoms with E-state index < -0.39 is 0 Å². The predicted molar refractivity (Wildman–Crippen MR) is 73.6 cm³/mol. The lowest BCUT2D eigenvalue weighted by Crippen LogP contribution is -2.36. The summed E-state index contributed by atoms with van der Waals surface area (Å²) in [5, 5.41) is 2.81. The van der Waals surface area contributed by atoms with Gasteiger partial charge in [0.25, 0.3) is 0 Å². The third-order valence-corrected chi connectivity index (χ3v) is 2.88. The highest BCUT2D eigenvalue weighted by atomic mass is 16.3. The number of aryl methyl sites for hydroxylation is 1. The van der Waals surface area contributed by atoms with E-state index in [-0.39, 0.29) is 6.03 Å². The quantitative estimate of drug-likeness (QED) is 0.916. The zero-order valence-electron chi connectivity index (χ0n) is 11.2. The topological polar surface area (TPSA) is 45.5 Å². The Bertz CT molecular complexity index is 518. The van der Waals surface area contributed by atoms with E-state index in [1.807, 2.05) is 37.3 Å². The molecule has 0 bridgehead atoms. The fourth-order valence-corrected chi connectivity index (χ4v) is 1.75. The molecule has 2 amide bonds. The Morgan fingerprint density at radius 3 is 2.63 bits per heavy atom. The van der Waals surface area contributed by atoms with Crippen molar-refractivity contribution in [1.29, 1.82) is 0 Å². The number of hydrogen-bond acceptors (Lipinski definition) is 2. The van der Waals surface area contributed by atoms with E-state index in [2.05, 4.69) is 5.32 Å². The summed E-state index contributed by atoms with van der Waals surface area (Å²) >= 11 is 0. The first-order valence-electron chi connectivity index (χ1n) is 6.22. The summed E-state index contributed by atoms with van der Waals surface area (Å²) in [6.07, 6.45) is 1.59. The van der Waals surface area contributed by atoms with Crippen molar-refractivity contribution in [3.8, 4) is 0 Å². The summed E-state index contributed by atoms with van der Waals surface area (Å²) in [6.45, 7) is 3.04. The average Bonchev–Trinajstić information content (AvgIpc) is 2.91. The van der Waals surface area contributed by atoms with Crippen LogP contribution in [-0.2, 0) is 13.1 Å². The molecule has 0 unspecified atom stereocenters. The molecule has 0 saturated carbocycles. The smallest absolute Gasteiger partial charge is 0.317 e. The second kappa shape index (κ2) is 6.09. The number of rotatable bonds is 4. The first kappa shape index (κ1) is 13.2. The number of nitrogens with one attached hydrogen (secondary N) is 1. The Kier molecular flexibility index (Phi) is 4.23. The van der Waals surface area contributed by atoms with Crippen molar-refractivity contribution in [2.45, 2.75) is 20.0 Å². The van der Waals surface area contributed by atoms with Gasteiger partial charge in [0.15, 0.2) is 0 Å². The fourth-order valence-electron chi connectivity index (χ4n) is 1.75. The number of amides is 2. The van der Waals surface area contributed by atoms with Gasteiger partial charge in [-0.25, -0.2) is 4.79 Å². The second-order valence-electron chi connectivity index (χ2n) is 4.58. The molecule has 1 heterocycles. The molecular formula is C15H18N2O2. The highest BCUT2D eigenvalue weighted by Crippen LogP contribution is 2.06. The van der Waals surface area contributed by atoms with Crippen LogP contribution in [0.5, 0.6) is 0 Å². The zero-order valence-corrected chi connectivity index (χ0v) is 11.2. The van der Waals surface area contributed by atoms with Crippen molar-refractivity contribution < 1.29 is 9.21 Å². The van der Waals surface area contributed by atoms with Crippen LogP contribution in [0.15, 0.2) is 47.1 Å². The van der Waals surface area contributed by atoms with Gasteiger partial charge in [-0.1, -0.05) is 29.8 Å². The second-order valence-corrected chi connectivity index (χ2v) is 4.58. The Labute approximate surface area is 113 Å². The molecule has 0 aliphatic carbocycles. The van der Waals surface area contributed by atoms with Crippen LogP contribution in [0.25, 0.3) is 0 Å². The van der Waals surface area contributed by atoms with E-state index in [9.17, 15) is 4.79 Å². The van der Waals surface area contributed by atoms with E-state index in [4.69, 9.17) is 4.42 Å². The number of hydrogen-bond donors (Lipinski definition) is 1. The van der Waals surface area contributed by atoms with Crippen molar-refractivity contribution >= 4 is 6.03 Å². The molecule has 0 spiro atoms. The summed E-state index contributed by atoms with van der Waals surface area (Å²) in [6, 6.07) is 11.7. The van der Waals surface area contributed by atoms with Crippen LogP contribution in [0.1, 0.15) is 16.9 Å². The molecule has 1 aromatic heterocycles. The molecule has 2 aromatic rings. The van der Waals surface area contributed by atoms with Crippen molar-refractivity contribution in [1.82, 2.24) is 10.2 Å². The number of nitrogens with zero attached hydrogens (tertiary/aromatic N) is 1. The lowest BCUT2D eigenvalue weighted by molar-refractivity contribution is 0.205. The van der Waals surface area contributed by atoms with Crippen molar-refractivity contribution in [3.63, 3.8) is 0 Å². The van der Waals surface area contributed by atoms with Gasteiger partial charge in [0.2, 0.25) is 0 Å². The summed E-state index contributed by atoms with van der Waals surface area (Å²) in [5.41, 5.74) is 2.33. The third-order valence-electron chi connectivity index (χ3n) is 2.88. The van der Waals surface area contributed by atoms with Crippen LogP contribution in [0.3, 0.4) is 0 Å². The van der Waals surface area contributed by atoms with Gasteiger partial charge < -0.3 is 14.6 Å². The largest absolute Gasteiger partial charge is 0.467 e. The standard InChI is InChI=1S/C15H18N2O2/c1-12-5-7-13(8-6-12)11-17(2)15(18)16-10-14-4-3-9-19-14/h3-9H,10-11H2,1-2H3,(H,16,18). The molecule has 100 valence electrons. The van der Waals surface area contributed by atoms with E-state index in [0.717, 1.165) is 11.3 Å². The molecule has 4 heteroatoms. The average molecular weight is 258 g/mol. The predicted octanol–water partition coefficient (Wildman–Crippen LogP) is 2.93. The minimum Gasteiger partial charge on any atom is -0.467 e. The molecule has 0 fully saturated rings. The van der Waals surface area contributed by atoms with Crippen molar-refractivity contribution in [2.75, 3.05) is 7.05 Å². The molecule has 19 heavy (non-hydrogen) atoms. The molecule has 0 atom stereocenters. The van der Waals surface area contributed by atoms with Crippen molar-refractivity contribution in [3.05, 3.63) is 59.5 Å². The molecule has 1 aromatic carbocycles. The molecule has 1 N–H and O–H groups in total. The first-order valence-corrected chi connectivity index (χ1v) is 6.22.